The molecule has 0 aliphatic carbocycles. The van der Waals surface area contributed by atoms with Crippen LogP contribution >= 0.6 is 0 Å². The average molecular weight is 1180 g/mol. The monoisotopic (exact) mass is 1170 g/mol. The zero-order valence-corrected chi connectivity index (χ0v) is 47.6. The SMILES string of the molecule is [2H]C([2H])(c1cc(-c2cccc3c4ccc(C(C)(C)C)cc4c4ccccc4c4cccc5c4n(c23)[CH-]N5c2[c-]c(Oc3[c-]c4c(cc3)c3ccccc3n4-c3cc(C(C)(C)C)ccn3)ccc2)cc(C(C)(C)C)c1)C(C)C.[Pt]. The summed E-state index contributed by atoms with van der Waals surface area (Å²) in [5.41, 5.74) is 11.6. The van der Waals surface area contributed by atoms with E-state index in [0.717, 1.165) is 93.7 Å². The van der Waals surface area contributed by atoms with Crippen LogP contribution in [-0.2, 0) is 43.7 Å². The van der Waals surface area contributed by atoms with Gasteiger partial charge in [-0.2, -0.15) is 12.1 Å². The van der Waals surface area contributed by atoms with E-state index in [-0.39, 0.29) is 43.2 Å². The fraction of sp³-hybridized carbons (Fsp3) is 0.229. The number of benzene rings is 8. The number of rotatable bonds is 7. The van der Waals surface area contributed by atoms with Gasteiger partial charge in [0.05, 0.1) is 0 Å². The minimum atomic E-state index is -1.56. The molecule has 0 atom stereocenters. The number of hydrogen-bond acceptors (Lipinski definition) is 3. The Morgan fingerprint density at radius 3 is 1.91 bits per heavy atom. The smallest absolute Gasteiger partial charge is 0.135 e. The molecule has 1 aliphatic rings. The molecule has 4 heterocycles. The van der Waals surface area contributed by atoms with Gasteiger partial charge >= 0.3 is 0 Å². The van der Waals surface area contributed by atoms with Gasteiger partial charge in [-0.1, -0.05) is 197 Å². The third-order valence-electron chi connectivity index (χ3n) is 14.9. The van der Waals surface area contributed by atoms with Crippen molar-refractivity contribution in [1.29, 1.82) is 0 Å². The molecule has 0 bridgehead atoms. The van der Waals surface area contributed by atoms with Gasteiger partial charge in [-0.25, -0.2) is 4.98 Å². The van der Waals surface area contributed by atoms with Crippen LogP contribution in [0, 0.1) is 24.7 Å². The fourth-order valence-corrected chi connectivity index (χ4v) is 11.0. The molecule has 0 N–H and O–H groups in total. The molecule has 76 heavy (non-hydrogen) atoms. The maximum atomic E-state index is 9.45. The van der Waals surface area contributed by atoms with Crippen molar-refractivity contribution in [1.82, 2.24) is 14.1 Å². The van der Waals surface area contributed by atoms with Crippen molar-refractivity contribution in [2.24, 2.45) is 5.92 Å². The Morgan fingerprint density at radius 2 is 1.17 bits per heavy atom. The molecule has 3 aromatic heterocycles. The van der Waals surface area contributed by atoms with Crippen LogP contribution < -0.4 is 9.64 Å². The van der Waals surface area contributed by atoms with Crippen molar-refractivity contribution in [2.75, 3.05) is 4.90 Å². The first-order valence-electron chi connectivity index (χ1n) is 27.4. The van der Waals surface area contributed by atoms with Gasteiger partial charge in [0.15, 0.2) is 0 Å². The molecule has 0 saturated heterocycles. The molecule has 0 amide bonds. The molecule has 0 fully saturated rings. The first-order chi connectivity index (χ1) is 36.6. The minimum absolute atomic E-state index is 0. The summed E-state index contributed by atoms with van der Waals surface area (Å²) in [6, 6.07) is 65.8. The predicted octanol–water partition coefficient (Wildman–Crippen LogP) is 19.0. The van der Waals surface area contributed by atoms with E-state index < -0.39 is 6.37 Å². The first kappa shape index (κ1) is 48.3. The van der Waals surface area contributed by atoms with Crippen molar-refractivity contribution in [3.63, 3.8) is 0 Å². The summed E-state index contributed by atoms with van der Waals surface area (Å²) < 4.78 is 30.3. The molecule has 5 nitrogen and oxygen atoms in total. The van der Waals surface area contributed by atoms with E-state index in [9.17, 15) is 2.74 Å². The van der Waals surface area contributed by atoms with E-state index in [0.29, 0.717) is 17.1 Å². The number of anilines is 2. The fourth-order valence-electron chi connectivity index (χ4n) is 11.0. The molecule has 0 radical (unpaired) electrons. The van der Waals surface area contributed by atoms with Crippen LogP contribution in [0.3, 0.4) is 0 Å². The molecule has 0 saturated carbocycles. The Hall–Kier alpha value is -7.33. The number of hydrogen-bond donors (Lipinski definition) is 0. The maximum absolute atomic E-state index is 9.45. The quantitative estimate of drug-likeness (QED) is 0.149. The molecular weight excluding hydrogens is 1110 g/mol. The summed E-state index contributed by atoms with van der Waals surface area (Å²) in [6.45, 7) is 26.3. The topological polar surface area (TPSA) is 35.2 Å². The van der Waals surface area contributed by atoms with Crippen LogP contribution in [0.5, 0.6) is 11.5 Å². The third-order valence-corrected chi connectivity index (χ3v) is 14.9. The van der Waals surface area contributed by atoms with Crippen molar-refractivity contribution in [3.05, 3.63) is 211 Å². The summed E-state index contributed by atoms with van der Waals surface area (Å²) in [4.78, 5) is 7.13. The van der Waals surface area contributed by atoms with E-state index in [1.54, 1.807) is 0 Å². The van der Waals surface area contributed by atoms with E-state index in [4.69, 9.17) is 9.72 Å². The van der Waals surface area contributed by atoms with E-state index in [2.05, 4.69) is 241 Å². The summed E-state index contributed by atoms with van der Waals surface area (Å²) in [5, 5.41) is 8.96. The van der Waals surface area contributed by atoms with Crippen LogP contribution in [0.4, 0.5) is 11.4 Å². The van der Waals surface area contributed by atoms with Crippen molar-refractivity contribution in [3.8, 4) is 28.4 Å². The van der Waals surface area contributed by atoms with Gasteiger partial charge in [0.1, 0.15) is 5.82 Å². The Labute approximate surface area is 465 Å². The second kappa shape index (κ2) is 19.0. The maximum Gasteiger partial charge on any atom is 0.135 e. The van der Waals surface area contributed by atoms with E-state index in [1.807, 2.05) is 38.2 Å². The van der Waals surface area contributed by atoms with Crippen LogP contribution in [0.1, 0.15) is 101 Å². The van der Waals surface area contributed by atoms with E-state index in [1.165, 1.54) is 16.5 Å². The van der Waals surface area contributed by atoms with Gasteiger partial charge < -0.3 is 18.8 Å². The molecule has 12 rings (SSSR count). The van der Waals surface area contributed by atoms with Crippen LogP contribution in [0.25, 0.3) is 82.1 Å². The van der Waals surface area contributed by atoms with Crippen LogP contribution in [0.2, 0.25) is 0 Å². The van der Waals surface area contributed by atoms with Gasteiger partial charge in [-0.05, 0) is 142 Å². The number of aromatic nitrogens is 3. The Bertz CT molecular complexity index is 4260. The molecule has 11 aromatic rings. The molecule has 0 unspecified atom stereocenters. The van der Waals surface area contributed by atoms with Crippen molar-refractivity contribution >= 4 is 76.5 Å². The minimum Gasteiger partial charge on any atom is -0.509 e. The Morgan fingerprint density at radius 1 is 0.553 bits per heavy atom. The average Bonchev–Trinajstić information content (AvgIpc) is 4.09. The summed E-state index contributed by atoms with van der Waals surface area (Å²) in [7, 11) is 0. The first-order valence-corrected chi connectivity index (χ1v) is 26.4. The zero-order chi connectivity index (χ0) is 53.9. The van der Waals surface area contributed by atoms with E-state index >= 15 is 0 Å². The predicted molar refractivity (Wildman–Crippen MR) is 317 cm³/mol. The second-order valence-corrected chi connectivity index (χ2v) is 23.7. The van der Waals surface area contributed by atoms with Crippen LogP contribution in [0.15, 0.2) is 170 Å². The van der Waals surface area contributed by atoms with Crippen molar-refractivity contribution < 1.29 is 28.5 Å². The summed E-state index contributed by atoms with van der Waals surface area (Å²) >= 11 is 0. The number of ether oxygens (including phenoxy) is 1. The molecule has 8 aromatic carbocycles. The normalized spacial score (nSPS) is 13.4. The number of para-hydroxylation sites is 3. The second-order valence-electron chi connectivity index (χ2n) is 23.7. The van der Waals surface area contributed by atoms with Gasteiger partial charge in [0.2, 0.25) is 0 Å². The Balaban J connectivity index is 0.00000645. The largest absolute Gasteiger partial charge is 0.509 e. The Kier molecular flexibility index (Phi) is 12.1. The van der Waals surface area contributed by atoms with Crippen molar-refractivity contribution in [2.45, 2.75) is 98.8 Å². The summed E-state index contributed by atoms with van der Waals surface area (Å²) in [5.74, 6) is 1.72. The van der Waals surface area contributed by atoms with Gasteiger partial charge in [0.25, 0.3) is 0 Å². The summed E-state index contributed by atoms with van der Waals surface area (Å²) in [6.07, 6.45) is 0.334. The molecule has 1 aliphatic heterocycles. The standard InChI is InChI=1S/C70H65N4O.Pt/c1-44(2)35-45-36-46(38-49(37-45)70(9,10)11)53-24-17-25-59-56-31-29-47(68(3,4)5)39-61(56)55-22-13-12-21-54(55)60-26-18-28-63-67(60)73(66(53)59)43-72(63)50-19-16-20-51(41-50)75-52-30-32-58-57-23-14-15-27-62(57)74(64(58)42-52)65-40-48(33-34-71-65)69(6,7)8;/h12-34,36-40,43-44H,35H2,1-11H3;/q-3;/i35D2;. The van der Waals surface area contributed by atoms with Gasteiger partial charge in [-0.3, -0.25) is 0 Å². The number of fused-ring (bicyclic) bond motifs is 10. The number of nitrogens with zero attached hydrogens (tertiary/aromatic N) is 4. The molecular formula is C70H65N4OPt-3. The molecule has 6 heteroatoms. The number of pyridine rings is 1. The zero-order valence-electron chi connectivity index (χ0n) is 47.3. The van der Waals surface area contributed by atoms with Gasteiger partial charge in [-0.15, -0.1) is 35.7 Å². The molecule has 384 valence electrons. The van der Waals surface area contributed by atoms with Gasteiger partial charge in [0, 0.05) is 52.7 Å². The third kappa shape index (κ3) is 9.01. The van der Waals surface area contributed by atoms with Crippen LogP contribution in [-0.4, -0.2) is 14.1 Å². The molecule has 0 spiro atoms.